The number of hydrogen-bond donors (Lipinski definition) is 2. The van der Waals surface area contributed by atoms with E-state index in [1.165, 1.54) is 24.8 Å². The molecule has 0 radical (unpaired) electrons. The van der Waals surface area contributed by atoms with Crippen LogP contribution in [0.2, 0.25) is 0 Å². The van der Waals surface area contributed by atoms with Crippen molar-refractivity contribution in [3.8, 4) is 0 Å². The fourth-order valence-electron chi connectivity index (χ4n) is 2.39. The Morgan fingerprint density at radius 2 is 2.22 bits per heavy atom. The maximum absolute atomic E-state index is 4.16. The molecule has 0 saturated carbocycles. The summed E-state index contributed by atoms with van der Waals surface area (Å²) in [6.45, 7) is 7.22. The highest BCUT2D eigenvalue weighted by Crippen LogP contribution is 2.20. The van der Waals surface area contributed by atoms with Crippen LogP contribution < -0.4 is 10.6 Å². The molecule has 1 fully saturated rings. The second-order valence-corrected chi connectivity index (χ2v) is 5.73. The van der Waals surface area contributed by atoms with Gasteiger partial charge in [-0.2, -0.15) is 0 Å². The number of benzene rings is 1. The van der Waals surface area contributed by atoms with Crippen LogP contribution in [0.1, 0.15) is 31.7 Å². The van der Waals surface area contributed by atoms with Gasteiger partial charge in [-0.05, 0) is 30.9 Å². The first-order chi connectivity index (χ1) is 8.70. The minimum Gasteiger partial charge on any atom is -0.383 e. The van der Waals surface area contributed by atoms with Gasteiger partial charge in [-0.3, -0.25) is 0 Å². The Morgan fingerprint density at radius 3 is 2.89 bits per heavy atom. The molecule has 2 atom stereocenters. The van der Waals surface area contributed by atoms with Crippen molar-refractivity contribution < 1.29 is 0 Å². The molecule has 2 nitrogen and oxygen atoms in total. The van der Waals surface area contributed by atoms with Crippen LogP contribution in [0.3, 0.4) is 0 Å². The molecule has 0 aliphatic carbocycles. The number of hydrogen-bond acceptors (Lipinski definition) is 2. The van der Waals surface area contributed by atoms with Gasteiger partial charge in [-0.1, -0.05) is 47.6 Å². The van der Waals surface area contributed by atoms with Gasteiger partial charge in [-0.25, -0.2) is 0 Å². The van der Waals surface area contributed by atoms with Crippen LogP contribution in [0, 0.1) is 0 Å². The highest BCUT2D eigenvalue weighted by molar-refractivity contribution is 9.10. The standard InChI is InChI=1S/C15H21BrN2/c1-3-13-8-9-15(18-13)11(2)17-10-12-6-4-5-7-14(12)16/h4-7,13,15,17-18H,2-3,8-10H2,1H3/t13?,15-/m0/s1. The van der Waals surface area contributed by atoms with Crippen LogP contribution >= 0.6 is 15.9 Å². The monoisotopic (exact) mass is 308 g/mol. The van der Waals surface area contributed by atoms with E-state index in [2.05, 4.69) is 58.3 Å². The number of nitrogens with one attached hydrogen (secondary N) is 2. The van der Waals surface area contributed by atoms with Crippen molar-refractivity contribution >= 4 is 15.9 Å². The van der Waals surface area contributed by atoms with Gasteiger partial charge < -0.3 is 10.6 Å². The Balaban J connectivity index is 1.84. The Hall–Kier alpha value is -0.800. The molecule has 1 aromatic rings. The highest BCUT2D eigenvalue weighted by Gasteiger charge is 2.23. The van der Waals surface area contributed by atoms with Crippen LogP contribution in [0.25, 0.3) is 0 Å². The van der Waals surface area contributed by atoms with Gasteiger partial charge in [0.05, 0.1) is 0 Å². The third-order valence-electron chi connectivity index (χ3n) is 3.62. The van der Waals surface area contributed by atoms with Crippen LogP contribution in [0.15, 0.2) is 41.0 Å². The lowest BCUT2D eigenvalue weighted by Gasteiger charge is -2.18. The predicted octanol–water partition coefficient (Wildman–Crippen LogP) is 3.58. The lowest BCUT2D eigenvalue weighted by molar-refractivity contribution is 0.540. The molecule has 1 aliphatic heterocycles. The van der Waals surface area contributed by atoms with Crippen molar-refractivity contribution in [2.75, 3.05) is 0 Å². The Labute approximate surface area is 118 Å². The van der Waals surface area contributed by atoms with Crippen LogP contribution in [0.5, 0.6) is 0 Å². The van der Waals surface area contributed by atoms with Crippen molar-refractivity contribution in [1.82, 2.24) is 10.6 Å². The summed E-state index contributed by atoms with van der Waals surface area (Å²) in [5.74, 6) is 0. The molecular formula is C15H21BrN2. The van der Waals surface area contributed by atoms with Gasteiger partial charge in [0.2, 0.25) is 0 Å². The van der Waals surface area contributed by atoms with Crippen molar-refractivity contribution in [3.63, 3.8) is 0 Å². The zero-order valence-corrected chi connectivity index (χ0v) is 12.5. The zero-order valence-electron chi connectivity index (χ0n) is 10.9. The van der Waals surface area contributed by atoms with Crippen molar-refractivity contribution in [2.24, 2.45) is 0 Å². The van der Waals surface area contributed by atoms with E-state index in [-0.39, 0.29) is 0 Å². The Bertz CT molecular complexity index is 417. The van der Waals surface area contributed by atoms with Gasteiger partial charge in [0, 0.05) is 28.8 Å². The summed E-state index contributed by atoms with van der Waals surface area (Å²) in [5.41, 5.74) is 2.38. The molecule has 98 valence electrons. The highest BCUT2D eigenvalue weighted by atomic mass is 79.9. The van der Waals surface area contributed by atoms with Crippen LogP contribution in [-0.4, -0.2) is 12.1 Å². The quantitative estimate of drug-likeness (QED) is 0.869. The summed E-state index contributed by atoms with van der Waals surface area (Å²) in [7, 11) is 0. The zero-order chi connectivity index (χ0) is 13.0. The fourth-order valence-corrected chi connectivity index (χ4v) is 2.81. The fraction of sp³-hybridized carbons (Fsp3) is 0.467. The lowest BCUT2D eigenvalue weighted by atomic mass is 10.1. The molecule has 0 bridgehead atoms. The molecule has 1 aliphatic rings. The molecule has 3 heteroatoms. The van der Waals surface area contributed by atoms with E-state index in [1.807, 2.05) is 6.07 Å². The first kappa shape index (κ1) is 13.6. The van der Waals surface area contributed by atoms with E-state index in [0.717, 1.165) is 16.7 Å². The molecule has 2 N–H and O–H groups in total. The molecular weight excluding hydrogens is 288 g/mol. The molecule has 1 saturated heterocycles. The van der Waals surface area contributed by atoms with Crippen LogP contribution in [0.4, 0.5) is 0 Å². The molecule has 0 aromatic heterocycles. The van der Waals surface area contributed by atoms with Gasteiger partial charge in [0.25, 0.3) is 0 Å². The lowest BCUT2D eigenvalue weighted by Crippen LogP contribution is -2.34. The molecule has 1 unspecified atom stereocenters. The average Bonchev–Trinajstić information content (AvgIpc) is 2.86. The maximum atomic E-state index is 4.16. The second kappa shape index (κ2) is 6.39. The normalized spacial score (nSPS) is 23.0. The summed E-state index contributed by atoms with van der Waals surface area (Å²) in [6, 6.07) is 9.38. The molecule has 2 rings (SSSR count). The van der Waals surface area contributed by atoms with Gasteiger partial charge in [0.1, 0.15) is 0 Å². The largest absolute Gasteiger partial charge is 0.383 e. The summed E-state index contributed by atoms with van der Waals surface area (Å²) < 4.78 is 1.15. The van der Waals surface area contributed by atoms with Crippen molar-refractivity contribution in [2.45, 2.75) is 44.8 Å². The van der Waals surface area contributed by atoms with E-state index in [4.69, 9.17) is 0 Å². The second-order valence-electron chi connectivity index (χ2n) is 4.87. The topological polar surface area (TPSA) is 24.1 Å². The number of halogens is 1. The molecule has 1 heterocycles. The van der Waals surface area contributed by atoms with Crippen LogP contribution in [-0.2, 0) is 6.54 Å². The minimum absolute atomic E-state index is 0.428. The summed E-state index contributed by atoms with van der Waals surface area (Å²) >= 11 is 3.57. The minimum atomic E-state index is 0.428. The predicted molar refractivity (Wildman–Crippen MR) is 80.4 cm³/mol. The van der Waals surface area contributed by atoms with E-state index in [9.17, 15) is 0 Å². The maximum Gasteiger partial charge on any atom is 0.0466 e. The molecule has 0 amide bonds. The van der Waals surface area contributed by atoms with Gasteiger partial charge in [0.15, 0.2) is 0 Å². The Morgan fingerprint density at radius 1 is 1.44 bits per heavy atom. The van der Waals surface area contributed by atoms with Gasteiger partial charge >= 0.3 is 0 Å². The van der Waals surface area contributed by atoms with E-state index in [1.54, 1.807) is 0 Å². The van der Waals surface area contributed by atoms with Gasteiger partial charge in [-0.15, -0.1) is 0 Å². The number of rotatable bonds is 5. The smallest absolute Gasteiger partial charge is 0.0466 e. The first-order valence-corrected chi connectivity index (χ1v) is 7.42. The van der Waals surface area contributed by atoms with E-state index < -0.39 is 0 Å². The third-order valence-corrected chi connectivity index (χ3v) is 4.39. The van der Waals surface area contributed by atoms with E-state index in [0.29, 0.717) is 12.1 Å². The summed E-state index contributed by atoms with van der Waals surface area (Å²) in [5, 5.41) is 7.06. The molecule has 18 heavy (non-hydrogen) atoms. The van der Waals surface area contributed by atoms with Crippen molar-refractivity contribution in [3.05, 3.63) is 46.6 Å². The van der Waals surface area contributed by atoms with E-state index >= 15 is 0 Å². The summed E-state index contributed by atoms with van der Waals surface area (Å²) in [6.07, 6.45) is 3.66. The molecule has 0 spiro atoms. The van der Waals surface area contributed by atoms with Crippen molar-refractivity contribution in [1.29, 1.82) is 0 Å². The molecule has 1 aromatic carbocycles. The Kier molecular flexibility index (Phi) is 4.84. The third kappa shape index (κ3) is 3.36. The first-order valence-electron chi connectivity index (χ1n) is 6.62. The summed E-state index contributed by atoms with van der Waals surface area (Å²) in [4.78, 5) is 0. The SMILES string of the molecule is C=C(NCc1ccccc1Br)[C@@H]1CCC(CC)N1. The average molecular weight is 309 g/mol.